The molecule has 0 aliphatic heterocycles. The monoisotopic (exact) mass is 224 g/mol. The Morgan fingerprint density at radius 1 is 1.36 bits per heavy atom. The van der Waals surface area contributed by atoms with Gasteiger partial charge >= 0.3 is 0 Å². The quantitative estimate of drug-likeness (QED) is 0.851. The van der Waals surface area contributed by atoms with Crippen molar-refractivity contribution in [2.45, 2.75) is 20.4 Å². The third-order valence-corrected chi connectivity index (χ3v) is 4.24. The van der Waals surface area contributed by atoms with Gasteiger partial charge in [0.25, 0.3) is 0 Å². The Balaban J connectivity index is 2.47. The van der Waals surface area contributed by atoms with Gasteiger partial charge in [-0.1, -0.05) is 0 Å². The number of thiazole rings is 1. The molecule has 2 rings (SSSR count). The molecule has 0 amide bonds. The van der Waals surface area contributed by atoms with E-state index in [9.17, 15) is 0 Å². The Hall–Kier alpha value is -0.710. The first-order chi connectivity index (χ1) is 6.72. The molecule has 2 nitrogen and oxygen atoms in total. The maximum atomic E-state index is 5.63. The highest BCUT2D eigenvalue weighted by molar-refractivity contribution is 7.15. The summed E-state index contributed by atoms with van der Waals surface area (Å²) in [4.78, 5) is 5.72. The minimum absolute atomic E-state index is 0.590. The molecule has 0 saturated heterocycles. The van der Waals surface area contributed by atoms with Gasteiger partial charge in [-0.15, -0.1) is 11.3 Å². The second-order valence-corrected chi connectivity index (χ2v) is 5.03. The SMILES string of the molecule is Cc1cscc1-c1nc(C)c(CN)s1. The molecular weight excluding hydrogens is 212 g/mol. The zero-order chi connectivity index (χ0) is 10.1. The molecular formula is C10H12N2S2. The van der Waals surface area contributed by atoms with Gasteiger partial charge in [0, 0.05) is 22.4 Å². The molecule has 2 aromatic heterocycles. The van der Waals surface area contributed by atoms with Crippen LogP contribution < -0.4 is 5.73 Å². The first-order valence-electron chi connectivity index (χ1n) is 4.42. The number of nitrogens with zero attached hydrogens (tertiary/aromatic N) is 1. The van der Waals surface area contributed by atoms with Crippen molar-refractivity contribution >= 4 is 22.7 Å². The number of rotatable bonds is 2. The minimum Gasteiger partial charge on any atom is -0.326 e. The Labute approximate surface area is 91.4 Å². The third kappa shape index (κ3) is 1.61. The Kier molecular flexibility index (Phi) is 2.67. The van der Waals surface area contributed by atoms with Gasteiger partial charge < -0.3 is 5.73 Å². The predicted molar refractivity (Wildman–Crippen MR) is 62.8 cm³/mol. The molecule has 74 valence electrons. The van der Waals surface area contributed by atoms with Gasteiger partial charge in [-0.25, -0.2) is 4.98 Å². The molecule has 0 unspecified atom stereocenters. The summed E-state index contributed by atoms with van der Waals surface area (Å²) >= 11 is 3.42. The van der Waals surface area contributed by atoms with Gasteiger partial charge in [-0.05, 0) is 24.8 Å². The predicted octanol–water partition coefficient (Wildman–Crippen LogP) is 2.95. The number of hydrogen-bond acceptors (Lipinski definition) is 4. The van der Waals surface area contributed by atoms with E-state index < -0.39 is 0 Å². The second-order valence-electron chi connectivity index (χ2n) is 3.20. The summed E-state index contributed by atoms with van der Waals surface area (Å²) < 4.78 is 0. The Bertz CT molecular complexity index is 443. The zero-order valence-corrected chi connectivity index (χ0v) is 9.84. The number of nitrogens with two attached hydrogens (primary N) is 1. The van der Waals surface area contributed by atoms with E-state index in [-0.39, 0.29) is 0 Å². The number of aryl methyl sites for hydroxylation is 2. The smallest absolute Gasteiger partial charge is 0.125 e. The van der Waals surface area contributed by atoms with Gasteiger partial charge in [-0.3, -0.25) is 0 Å². The molecule has 2 aromatic rings. The molecule has 4 heteroatoms. The van der Waals surface area contributed by atoms with E-state index >= 15 is 0 Å². The summed E-state index contributed by atoms with van der Waals surface area (Å²) in [5.74, 6) is 0. The van der Waals surface area contributed by atoms with Crippen molar-refractivity contribution in [2.75, 3.05) is 0 Å². The normalized spacial score (nSPS) is 10.8. The average Bonchev–Trinajstić information content (AvgIpc) is 2.71. The lowest BCUT2D eigenvalue weighted by atomic mass is 10.2. The lowest BCUT2D eigenvalue weighted by Gasteiger charge is -1.91. The summed E-state index contributed by atoms with van der Waals surface area (Å²) in [5.41, 5.74) is 9.25. The van der Waals surface area contributed by atoms with Crippen LogP contribution in [0.2, 0.25) is 0 Å². The van der Waals surface area contributed by atoms with Gasteiger partial charge in [0.15, 0.2) is 0 Å². The van der Waals surface area contributed by atoms with Crippen LogP contribution in [0.3, 0.4) is 0 Å². The van der Waals surface area contributed by atoms with Crippen molar-refractivity contribution in [1.29, 1.82) is 0 Å². The van der Waals surface area contributed by atoms with Crippen LogP contribution in [-0.4, -0.2) is 4.98 Å². The number of hydrogen-bond donors (Lipinski definition) is 1. The molecule has 0 aromatic carbocycles. The maximum absolute atomic E-state index is 5.63. The van der Waals surface area contributed by atoms with Crippen LogP contribution in [0.4, 0.5) is 0 Å². The number of aromatic nitrogens is 1. The van der Waals surface area contributed by atoms with Crippen LogP contribution in [-0.2, 0) is 6.54 Å². The molecule has 0 fully saturated rings. The first kappa shape index (κ1) is 9.83. The lowest BCUT2D eigenvalue weighted by Crippen LogP contribution is -1.94. The maximum Gasteiger partial charge on any atom is 0.125 e. The van der Waals surface area contributed by atoms with Crippen LogP contribution in [0.25, 0.3) is 10.6 Å². The van der Waals surface area contributed by atoms with Crippen molar-refractivity contribution in [3.05, 3.63) is 26.9 Å². The van der Waals surface area contributed by atoms with Crippen molar-refractivity contribution in [2.24, 2.45) is 5.73 Å². The van der Waals surface area contributed by atoms with E-state index in [0.717, 1.165) is 10.7 Å². The summed E-state index contributed by atoms with van der Waals surface area (Å²) in [6, 6.07) is 0. The van der Waals surface area contributed by atoms with Crippen molar-refractivity contribution in [3.8, 4) is 10.6 Å². The van der Waals surface area contributed by atoms with Crippen molar-refractivity contribution < 1.29 is 0 Å². The van der Waals surface area contributed by atoms with Crippen LogP contribution in [0, 0.1) is 13.8 Å². The van der Waals surface area contributed by atoms with E-state index in [1.165, 1.54) is 16.0 Å². The fourth-order valence-corrected chi connectivity index (χ4v) is 3.24. The first-order valence-corrected chi connectivity index (χ1v) is 6.18. The molecule has 0 saturated carbocycles. The van der Waals surface area contributed by atoms with Gasteiger partial charge in [0.2, 0.25) is 0 Å². The van der Waals surface area contributed by atoms with E-state index in [1.807, 2.05) is 6.92 Å². The highest BCUT2D eigenvalue weighted by Gasteiger charge is 2.10. The fraction of sp³-hybridized carbons (Fsp3) is 0.300. The van der Waals surface area contributed by atoms with Gasteiger partial charge in [-0.2, -0.15) is 11.3 Å². The molecule has 0 atom stereocenters. The topological polar surface area (TPSA) is 38.9 Å². The van der Waals surface area contributed by atoms with Crippen LogP contribution >= 0.6 is 22.7 Å². The molecule has 0 radical (unpaired) electrons. The van der Waals surface area contributed by atoms with Crippen LogP contribution in [0.15, 0.2) is 10.8 Å². The standard InChI is InChI=1S/C10H12N2S2/c1-6-4-13-5-8(6)10-12-7(2)9(3-11)14-10/h4-5H,3,11H2,1-2H3. The van der Waals surface area contributed by atoms with E-state index in [4.69, 9.17) is 5.73 Å². The molecule has 2 N–H and O–H groups in total. The molecule has 0 spiro atoms. The van der Waals surface area contributed by atoms with Crippen LogP contribution in [0.1, 0.15) is 16.1 Å². The fourth-order valence-electron chi connectivity index (χ4n) is 1.31. The largest absolute Gasteiger partial charge is 0.326 e. The summed E-state index contributed by atoms with van der Waals surface area (Å²) in [6.07, 6.45) is 0. The molecule has 0 aliphatic carbocycles. The van der Waals surface area contributed by atoms with E-state index in [2.05, 4.69) is 22.7 Å². The minimum atomic E-state index is 0.590. The third-order valence-electron chi connectivity index (χ3n) is 2.16. The van der Waals surface area contributed by atoms with E-state index in [1.54, 1.807) is 22.7 Å². The van der Waals surface area contributed by atoms with Crippen molar-refractivity contribution in [3.63, 3.8) is 0 Å². The molecule has 0 aliphatic rings. The average molecular weight is 224 g/mol. The van der Waals surface area contributed by atoms with Gasteiger partial charge in [0.05, 0.1) is 5.69 Å². The Morgan fingerprint density at radius 2 is 2.14 bits per heavy atom. The molecule has 2 heterocycles. The highest BCUT2D eigenvalue weighted by atomic mass is 32.1. The molecule has 0 bridgehead atoms. The second kappa shape index (κ2) is 3.81. The Morgan fingerprint density at radius 3 is 2.64 bits per heavy atom. The molecule has 14 heavy (non-hydrogen) atoms. The van der Waals surface area contributed by atoms with Gasteiger partial charge in [0.1, 0.15) is 5.01 Å². The lowest BCUT2D eigenvalue weighted by molar-refractivity contribution is 1.06. The number of thiophene rings is 1. The summed E-state index contributed by atoms with van der Waals surface area (Å²) in [6.45, 7) is 4.72. The van der Waals surface area contributed by atoms with Crippen LogP contribution in [0.5, 0.6) is 0 Å². The van der Waals surface area contributed by atoms with E-state index in [0.29, 0.717) is 6.54 Å². The summed E-state index contributed by atoms with van der Waals surface area (Å²) in [5, 5.41) is 5.39. The van der Waals surface area contributed by atoms with Crippen molar-refractivity contribution in [1.82, 2.24) is 4.98 Å². The highest BCUT2D eigenvalue weighted by Crippen LogP contribution is 2.31. The zero-order valence-electron chi connectivity index (χ0n) is 8.20. The summed E-state index contributed by atoms with van der Waals surface area (Å²) in [7, 11) is 0.